The normalized spacial score (nSPS) is 23.0. The van der Waals surface area contributed by atoms with Gasteiger partial charge in [0.25, 0.3) is 0 Å². The Morgan fingerprint density at radius 3 is 2.93 bits per heavy atom. The Morgan fingerprint density at radius 1 is 1.29 bits per heavy atom. The molecular formula is C21H19BrFN4S. The third kappa shape index (κ3) is 3.15. The van der Waals surface area contributed by atoms with Gasteiger partial charge in [0.1, 0.15) is 17.2 Å². The summed E-state index contributed by atoms with van der Waals surface area (Å²) in [6.07, 6.45) is 5.68. The molecule has 2 aliphatic heterocycles. The zero-order chi connectivity index (χ0) is 19.3. The van der Waals surface area contributed by atoms with Crippen molar-refractivity contribution in [3.05, 3.63) is 70.3 Å². The van der Waals surface area contributed by atoms with Crippen LogP contribution in [0.1, 0.15) is 37.2 Å². The molecule has 4 nitrogen and oxygen atoms in total. The molecule has 3 heterocycles. The van der Waals surface area contributed by atoms with Crippen molar-refractivity contribution in [1.29, 1.82) is 0 Å². The van der Waals surface area contributed by atoms with Crippen LogP contribution in [-0.2, 0) is 0 Å². The molecule has 3 aromatic rings. The summed E-state index contributed by atoms with van der Waals surface area (Å²) in [6.45, 7) is 3.16. The minimum absolute atomic E-state index is 0.132. The summed E-state index contributed by atoms with van der Waals surface area (Å²) in [7, 11) is 0. The van der Waals surface area contributed by atoms with Gasteiger partial charge in [0.15, 0.2) is 0 Å². The molecule has 0 saturated carbocycles. The zero-order valence-corrected chi connectivity index (χ0v) is 17.7. The Kier molecular flexibility index (Phi) is 4.69. The largest absolute Gasteiger partial charge is 0.340 e. The molecule has 2 atom stereocenters. The topological polar surface area (TPSA) is 35.2 Å². The first-order valence-corrected chi connectivity index (χ1v) is 11.0. The third-order valence-electron chi connectivity index (χ3n) is 5.23. The molecule has 2 aliphatic rings. The second kappa shape index (κ2) is 7.21. The number of aromatic nitrogens is 2. The Bertz CT molecular complexity index is 1050. The van der Waals surface area contributed by atoms with Crippen LogP contribution in [0.5, 0.6) is 0 Å². The summed E-state index contributed by atoms with van der Waals surface area (Å²) >= 11 is 5.25. The van der Waals surface area contributed by atoms with E-state index in [1.165, 1.54) is 17.7 Å². The number of nitrogens with one attached hydrogen (secondary N) is 1. The van der Waals surface area contributed by atoms with Gasteiger partial charge in [0, 0.05) is 15.9 Å². The maximum absolute atomic E-state index is 13.7. The van der Waals surface area contributed by atoms with E-state index in [4.69, 9.17) is 4.98 Å². The maximum Gasteiger partial charge on any atom is 0.126 e. The number of halogens is 2. The van der Waals surface area contributed by atoms with Crippen LogP contribution in [-0.4, -0.2) is 31.9 Å². The number of imidazole rings is 1. The molecule has 1 aromatic heterocycles. The fourth-order valence-corrected chi connectivity index (χ4v) is 5.50. The molecule has 1 saturated heterocycles. The molecule has 0 bridgehead atoms. The minimum atomic E-state index is -0.272. The highest BCUT2D eigenvalue weighted by Gasteiger charge is 2.37. The molecule has 0 amide bonds. The van der Waals surface area contributed by atoms with Gasteiger partial charge in [-0.05, 0) is 53.4 Å². The summed E-state index contributed by atoms with van der Waals surface area (Å²) in [5.74, 6) is 0.608. The van der Waals surface area contributed by atoms with Crippen molar-refractivity contribution < 1.29 is 4.39 Å². The number of thioether (sulfide) groups is 1. The second-order valence-electron chi connectivity index (χ2n) is 7.10. The highest BCUT2D eigenvalue weighted by atomic mass is 79.9. The summed E-state index contributed by atoms with van der Waals surface area (Å²) in [6, 6.07) is 13.5. The summed E-state index contributed by atoms with van der Waals surface area (Å²) in [5, 5.41) is 4.83. The summed E-state index contributed by atoms with van der Waals surface area (Å²) in [4.78, 5) is 9.28. The average Bonchev–Trinajstić information content (AvgIpc) is 3.39. The quantitative estimate of drug-likeness (QED) is 0.545. The number of hydrogen-bond donors (Lipinski definition) is 1. The molecule has 2 aromatic carbocycles. The Hall–Kier alpha value is -1.83. The molecule has 7 heteroatoms. The average molecular weight is 458 g/mol. The first-order chi connectivity index (χ1) is 13.6. The minimum Gasteiger partial charge on any atom is -0.340 e. The second-order valence-corrected chi connectivity index (χ2v) is 9.28. The molecule has 5 rings (SSSR count). The smallest absolute Gasteiger partial charge is 0.126 e. The van der Waals surface area contributed by atoms with Gasteiger partial charge < -0.3 is 4.98 Å². The lowest BCUT2D eigenvalue weighted by molar-refractivity contribution is -0.00548. The van der Waals surface area contributed by atoms with Crippen molar-refractivity contribution in [1.82, 2.24) is 20.0 Å². The molecule has 1 fully saturated rings. The van der Waals surface area contributed by atoms with Crippen LogP contribution in [0.25, 0.3) is 15.9 Å². The van der Waals surface area contributed by atoms with Crippen LogP contribution in [0.2, 0.25) is 0 Å². The van der Waals surface area contributed by atoms with Crippen LogP contribution in [0.4, 0.5) is 4.39 Å². The Labute approximate surface area is 175 Å². The predicted octanol–water partition coefficient (Wildman–Crippen LogP) is 5.71. The van der Waals surface area contributed by atoms with E-state index in [0.29, 0.717) is 4.47 Å². The van der Waals surface area contributed by atoms with Gasteiger partial charge in [-0.15, -0.1) is 0 Å². The Balaban J connectivity index is 1.47. The molecular weight excluding hydrogens is 439 g/mol. The number of aromatic amines is 1. The first-order valence-electron chi connectivity index (χ1n) is 9.36. The van der Waals surface area contributed by atoms with E-state index in [9.17, 15) is 4.39 Å². The molecule has 28 heavy (non-hydrogen) atoms. The number of hydrazine groups is 1. The van der Waals surface area contributed by atoms with Crippen LogP contribution in [0.15, 0.2) is 46.9 Å². The Morgan fingerprint density at radius 2 is 2.11 bits per heavy atom. The lowest BCUT2D eigenvalue weighted by Gasteiger charge is -2.34. The first kappa shape index (κ1) is 18.2. The van der Waals surface area contributed by atoms with Crippen LogP contribution >= 0.6 is 27.7 Å². The lowest BCUT2D eigenvalue weighted by Crippen LogP contribution is -2.41. The zero-order valence-electron chi connectivity index (χ0n) is 15.3. The van der Waals surface area contributed by atoms with E-state index in [1.54, 1.807) is 0 Å². The fraction of sp³-hybridized carbons (Fsp3) is 0.286. The highest BCUT2D eigenvalue weighted by Crippen LogP contribution is 2.43. The number of fused-ring (bicyclic) bond motifs is 1. The molecule has 1 N–H and O–H groups in total. The van der Waals surface area contributed by atoms with Crippen molar-refractivity contribution in [2.45, 2.75) is 31.2 Å². The molecule has 0 spiro atoms. The van der Waals surface area contributed by atoms with E-state index in [2.05, 4.69) is 68.3 Å². The van der Waals surface area contributed by atoms with Gasteiger partial charge >= 0.3 is 0 Å². The number of rotatable bonds is 3. The molecule has 0 aliphatic carbocycles. The molecule has 1 radical (unpaired) electrons. The molecule has 143 valence electrons. The van der Waals surface area contributed by atoms with Gasteiger partial charge in [-0.1, -0.05) is 42.1 Å². The van der Waals surface area contributed by atoms with E-state index in [0.717, 1.165) is 41.1 Å². The van der Waals surface area contributed by atoms with Crippen LogP contribution in [0.3, 0.4) is 0 Å². The lowest BCUT2D eigenvalue weighted by atomic mass is 10.2. The SMILES string of the molecule is CC1SC(c2ccccc2)=[C]N1N1CCCC1c1nc2c(Br)cc(F)cc2[nH]1. The van der Waals surface area contributed by atoms with Crippen molar-refractivity contribution in [2.24, 2.45) is 0 Å². The van der Waals surface area contributed by atoms with Gasteiger partial charge in [-0.3, -0.25) is 5.01 Å². The van der Waals surface area contributed by atoms with Crippen LogP contribution in [0, 0.1) is 12.0 Å². The number of H-pyrrole nitrogens is 1. The van der Waals surface area contributed by atoms with E-state index in [1.807, 2.05) is 17.8 Å². The standard InChI is InChI=1S/C21H19BrFN4S/c1-13-27(12-19(28-13)14-6-3-2-4-7-14)26-9-5-8-18(26)21-24-17-11-15(23)10-16(22)20(17)25-21/h2-4,6-7,10-11,13,18H,5,8-9H2,1H3,(H,24,25). The number of benzene rings is 2. The van der Waals surface area contributed by atoms with Crippen molar-refractivity contribution >= 4 is 43.6 Å². The highest BCUT2D eigenvalue weighted by molar-refractivity contribution is 9.10. The van der Waals surface area contributed by atoms with Crippen LogP contribution < -0.4 is 0 Å². The predicted molar refractivity (Wildman–Crippen MR) is 114 cm³/mol. The van der Waals surface area contributed by atoms with Crippen molar-refractivity contribution in [3.63, 3.8) is 0 Å². The van der Waals surface area contributed by atoms with E-state index < -0.39 is 0 Å². The van der Waals surface area contributed by atoms with Crippen molar-refractivity contribution in [3.8, 4) is 0 Å². The van der Waals surface area contributed by atoms with Gasteiger partial charge in [-0.2, -0.15) is 0 Å². The maximum atomic E-state index is 13.7. The van der Waals surface area contributed by atoms with E-state index in [-0.39, 0.29) is 17.2 Å². The fourth-order valence-electron chi connectivity index (χ4n) is 3.94. The summed E-state index contributed by atoms with van der Waals surface area (Å²) < 4.78 is 14.4. The van der Waals surface area contributed by atoms with Gasteiger partial charge in [0.2, 0.25) is 0 Å². The molecule has 2 unspecified atom stereocenters. The van der Waals surface area contributed by atoms with Gasteiger partial charge in [0.05, 0.1) is 23.1 Å². The van der Waals surface area contributed by atoms with Gasteiger partial charge in [-0.25, -0.2) is 14.4 Å². The summed E-state index contributed by atoms with van der Waals surface area (Å²) in [5.41, 5.74) is 2.69. The third-order valence-corrected chi connectivity index (χ3v) is 6.93. The number of hydrogen-bond acceptors (Lipinski definition) is 4. The van der Waals surface area contributed by atoms with E-state index >= 15 is 0 Å². The monoisotopic (exact) mass is 457 g/mol. The number of nitrogens with zero attached hydrogens (tertiary/aromatic N) is 3. The van der Waals surface area contributed by atoms with Crippen molar-refractivity contribution in [2.75, 3.05) is 6.54 Å².